The van der Waals surface area contributed by atoms with Gasteiger partial charge in [0.2, 0.25) is 5.91 Å². The van der Waals surface area contributed by atoms with Crippen molar-refractivity contribution in [2.75, 3.05) is 59.7 Å². The molecule has 2 atom stereocenters. The van der Waals surface area contributed by atoms with Crippen molar-refractivity contribution >= 4 is 12.0 Å². The Balaban J connectivity index is 1.65. The lowest BCUT2D eigenvalue weighted by Gasteiger charge is -2.44. The summed E-state index contributed by atoms with van der Waals surface area (Å²) in [5.74, 6) is -0.380. The number of rotatable bonds is 12. The van der Waals surface area contributed by atoms with E-state index in [1.165, 1.54) is 6.07 Å². The van der Waals surface area contributed by atoms with Crippen LogP contribution in [0.4, 0.5) is 9.18 Å². The Labute approximate surface area is 267 Å². The lowest BCUT2D eigenvalue weighted by molar-refractivity contribution is -0.142. The predicted molar refractivity (Wildman–Crippen MR) is 168 cm³/mol. The number of carbonyl (C=O) groups is 2. The van der Waals surface area contributed by atoms with Crippen molar-refractivity contribution < 1.29 is 28.2 Å². The number of benzene rings is 1. The third-order valence-corrected chi connectivity index (χ3v) is 8.16. The Morgan fingerprint density at radius 3 is 2.51 bits per heavy atom. The first kappa shape index (κ1) is 34.8. The zero-order valence-electron chi connectivity index (χ0n) is 27.8. The summed E-state index contributed by atoms with van der Waals surface area (Å²) in [5, 5.41) is 9.01. The molecule has 250 valence electrons. The summed E-state index contributed by atoms with van der Waals surface area (Å²) in [6, 6.07) is 6.46. The highest BCUT2D eigenvalue weighted by molar-refractivity contribution is 5.80. The van der Waals surface area contributed by atoms with Crippen LogP contribution in [0.15, 0.2) is 24.3 Å². The molecule has 12 heteroatoms. The number of hydrogen-bond acceptors (Lipinski definition) is 8. The molecule has 0 spiro atoms. The smallest absolute Gasteiger partial charge is 0.410 e. The normalized spacial score (nSPS) is 19.4. The summed E-state index contributed by atoms with van der Waals surface area (Å²) in [6.07, 6.45) is 2.53. The number of piperidine rings is 1. The Morgan fingerprint density at radius 2 is 1.84 bits per heavy atom. The van der Waals surface area contributed by atoms with Crippen molar-refractivity contribution in [2.24, 2.45) is 11.8 Å². The number of para-hydroxylation sites is 1. The van der Waals surface area contributed by atoms with Gasteiger partial charge in [-0.3, -0.25) is 9.69 Å². The molecule has 0 aliphatic carbocycles. The highest BCUT2D eigenvalue weighted by Crippen LogP contribution is 2.28. The molecular weight excluding hydrogens is 579 g/mol. The summed E-state index contributed by atoms with van der Waals surface area (Å²) in [6.45, 7) is 14.5. The average Bonchev–Trinajstić information content (AvgIpc) is 3.39. The van der Waals surface area contributed by atoms with Gasteiger partial charge in [0.25, 0.3) is 0 Å². The molecule has 0 bridgehead atoms. The van der Waals surface area contributed by atoms with Gasteiger partial charge in [0.1, 0.15) is 22.8 Å². The van der Waals surface area contributed by atoms with Crippen molar-refractivity contribution in [3.8, 4) is 5.69 Å². The van der Waals surface area contributed by atoms with Crippen molar-refractivity contribution in [1.29, 1.82) is 0 Å². The zero-order valence-corrected chi connectivity index (χ0v) is 27.8. The van der Waals surface area contributed by atoms with Crippen LogP contribution in [-0.4, -0.2) is 113 Å². The molecule has 4 rings (SSSR count). The van der Waals surface area contributed by atoms with Gasteiger partial charge >= 0.3 is 6.09 Å². The van der Waals surface area contributed by atoms with Gasteiger partial charge in [-0.2, -0.15) is 0 Å². The van der Waals surface area contributed by atoms with Crippen LogP contribution < -0.4 is 0 Å². The molecular formula is C33H51FN6O5. The molecule has 2 amide bonds. The number of unbranched alkanes of at least 4 members (excludes halogenated alkanes) is 1. The van der Waals surface area contributed by atoms with Crippen LogP contribution in [0.3, 0.4) is 0 Å². The Bertz CT molecular complexity index is 1260. The van der Waals surface area contributed by atoms with E-state index in [-0.39, 0.29) is 23.7 Å². The standard InChI is InChI=1S/C33H51FN6O5/c1-24(2)20-38(23-28-30(13-9-10-16-43-6)40(36-35-28)29-12-8-7-11-27(29)34)26-19-25(31(41)37-14-17-44-18-15-37)21-39(22-26)32(42)45-33(3,4)5/h7-8,11-12,24-26H,9-10,13-23H2,1-6H3/t25-,26+/m1/s1. The molecule has 11 nitrogen and oxygen atoms in total. The number of hydrogen-bond donors (Lipinski definition) is 0. The van der Waals surface area contributed by atoms with Crippen LogP contribution in [0.2, 0.25) is 0 Å². The van der Waals surface area contributed by atoms with E-state index in [2.05, 4.69) is 29.1 Å². The number of methoxy groups -OCH3 is 1. The van der Waals surface area contributed by atoms with Crippen LogP contribution in [-0.2, 0) is 32.0 Å². The molecule has 1 aromatic carbocycles. The van der Waals surface area contributed by atoms with Gasteiger partial charge in [0, 0.05) is 59.0 Å². The Hall–Kier alpha value is -3.09. The first-order chi connectivity index (χ1) is 21.5. The molecule has 2 aliphatic rings. The number of nitrogens with zero attached hydrogens (tertiary/aromatic N) is 6. The highest BCUT2D eigenvalue weighted by Gasteiger charge is 2.40. The molecule has 2 aromatic rings. The number of halogens is 1. The topological polar surface area (TPSA) is 102 Å². The van der Waals surface area contributed by atoms with Gasteiger partial charge in [0.05, 0.1) is 24.8 Å². The third-order valence-electron chi connectivity index (χ3n) is 8.16. The van der Waals surface area contributed by atoms with Crippen LogP contribution in [0, 0.1) is 17.7 Å². The van der Waals surface area contributed by atoms with E-state index in [4.69, 9.17) is 14.2 Å². The van der Waals surface area contributed by atoms with Crippen LogP contribution >= 0.6 is 0 Å². The van der Waals surface area contributed by atoms with Gasteiger partial charge in [-0.1, -0.05) is 31.2 Å². The monoisotopic (exact) mass is 630 g/mol. The number of aromatic nitrogens is 3. The SMILES string of the molecule is COCCCCc1c(CN(CC(C)C)[C@H]2C[C@@H](C(=O)N3CCOCC3)CN(C(=O)OC(C)(C)C)C2)nnn1-c1ccccc1F. The second-order valence-electron chi connectivity index (χ2n) is 13.5. The van der Waals surface area contributed by atoms with Crippen molar-refractivity contribution in [3.05, 3.63) is 41.5 Å². The van der Waals surface area contributed by atoms with Crippen molar-refractivity contribution in [1.82, 2.24) is 29.7 Å². The molecule has 1 aromatic heterocycles. The minimum atomic E-state index is -0.658. The van der Waals surface area contributed by atoms with Gasteiger partial charge in [-0.25, -0.2) is 13.9 Å². The second-order valence-corrected chi connectivity index (χ2v) is 13.5. The maximum atomic E-state index is 14.9. The number of likely N-dealkylation sites (tertiary alicyclic amines) is 1. The van der Waals surface area contributed by atoms with E-state index in [1.807, 2.05) is 25.7 Å². The van der Waals surface area contributed by atoms with Gasteiger partial charge in [0.15, 0.2) is 0 Å². The molecule has 3 heterocycles. The molecule has 2 aliphatic heterocycles. The quantitative estimate of drug-likeness (QED) is 0.320. The van der Waals surface area contributed by atoms with E-state index in [1.54, 1.807) is 34.9 Å². The Kier molecular flexibility index (Phi) is 12.3. The summed E-state index contributed by atoms with van der Waals surface area (Å²) in [4.78, 5) is 33.0. The summed E-state index contributed by atoms with van der Waals surface area (Å²) >= 11 is 0. The highest BCUT2D eigenvalue weighted by atomic mass is 19.1. The first-order valence-corrected chi connectivity index (χ1v) is 16.2. The van der Waals surface area contributed by atoms with Crippen molar-refractivity contribution in [3.63, 3.8) is 0 Å². The fourth-order valence-corrected chi connectivity index (χ4v) is 6.10. The van der Waals surface area contributed by atoms with E-state index < -0.39 is 11.7 Å². The molecule has 2 fully saturated rings. The number of carbonyl (C=O) groups excluding carboxylic acids is 2. The number of morpholine rings is 1. The summed E-state index contributed by atoms with van der Waals surface area (Å²) < 4.78 is 33.1. The van der Waals surface area contributed by atoms with Gasteiger partial charge in [-0.15, -0.1) is 5.10 Å². The maximum Gasteiger partial charge on any atom is 0.410 e. The molecule has 0 radical (unpaired) electrons. The van der Waals surface area contributed by atoms with E-state index in [9.17, 15) is 14.0 Å². The summed E-state index contributed by atoms with van der Waals surface area (Å²) in [5.41, 5.74) is 1.32. The lowest BCUT2D eigenvalue weighted by Crippen LogP contribution is -2.57. The Morgan fingerprint density at radius 1 is 1.11 bits per heavy atom. The van der Waals surface area contributed by atoms with Crippen LogP contribution in [0.25, 0.3) is 5.69 Å². The van der Waals surface area contributed by atoms with E-state index in [0.29, 0.717) is 77.0 Å². The minimum absolute atomic E-state index is 0.0467. The first-order valence-electron chi connectivity index (χ1n) is 16.2. The molecule has 2 saturated heterocycles. The maximum absolute atomic E-state index is 14.9. The minimum Gasteiger partial charge on any atom is -0.444 e. The molecule has 0 N–H and O–H groups in total. The molecule has 0 saturated carbocycles. The fraction of sp³-hybridized carbons (Fsp3) is 0.697. The predicted octanol–water partition coefficient (Wildman–Crippen LogP) is 4.32. The van der Waals surface area contributed by atoms with Crippen LogP contribution in [0.5, 0.6) is 0 Å². The average molecular weight is 631 g/mol. The van der Waals surface area contributed by atoms with E-state index >= 15 is 0 Å². The fourth-order valence-electron chi connectivity index (χ4n) is 6.10. The van der Waals surface area contributed by atoms with Crippen LogP contribution in [0.1, 0.15) is 65.3 Å². The largest absolute Gasteiger partial charge is 0.444 e. The van der Waals surface area contributed by atoms with Gasteiger partial charge in [-0.05, 0) is 64.5 Å². The lowest BCUT2D eigenvalue weighted by atomic mass is 9.91. The summed E-state index contributed by atoms with van der Waals surface area (Å²) in [7, 11) is 1.68. The molecule has 0 unspecified atom stereocenters. The number of ether oxygens (including phenoxy) is 3. The zero-order chi connectivity index (χ0) is 32.6. The van der Waals surface area contributed by atoms with E-state index in [0.717, 1.165) is 30.8 Å². The molecule has 45 heavy (non-hydrogen) atoms. The number of amides is 2. The van der Waals surface area contributed by atoms with Gasteiger partial charge < -0.3 is 24.0 Å². The van der Waals surface area contributed by atoms with Crippen molar-refractivity contribution in [2.45, 2.75) is 78.5 Å². The second kappa shape index (κ2) is 16.0. The third kappa shape index (κ3) is 9.70.